The monoisotopic (exact) mass is 406 g/mol. The van der Waals surface area contributed by atoms with Gasteiger partial charge in [0.2, 0.25) is 0 Å². The molecule has 2 aliphatic heterocycles. The van der Waals surface area contributed by atoms with Crippen molar-refractivity contribution in [2.24, 2.45) is 0 Å². The molecule has 1 aromatic heterocycles. The van der Waals surface area contributed by atoms with E-state index in [1.807, 2.05) is 12.3 Å². The lowest BCUT2D eigenvalue weighted by atomic mass is 9.97. The Hall–Kier alpha value is -1.75. The molecule has 3 heterocycles. The summed E-state index contributed by atoms with van der Waals surface area (Å²) in [6.07, 6.45) is 9.66. The first kappa shape index (κ1) is 21.5. The summed E-state index contributed by atoms with van der Waals surface area (Å²) < 4.78 is 0. The Balaban J connectivity index is 1.19. The Kier molecular flexibility index (Phi) is 7.90. The lowest BCUT2D eigenvalue weighted by Crippen LogP contribution is -2.52. The molecule has 1 unspecified atom stereocenters. The van der Waals surface area contributed by atoms with Crippen LogP contribution in [0.4, 0.5) is 0 Å². The van der Waals surface area contributed by atoms with Gasteiger partial charge in [-0.3, -0.25) is 14.8 Å². The van der Waals surface area contributed by atoms with E-state index in [0.29, 0.717) is 0 Å². The fraction of sp³-hybridized carbons (Fsp3) is 0.577. The van der Waals surface area contributed by atoms with Crippen molar-refractivity contribution in [1.29, 1.82) is 0 Å². The van der Waals surface area contributed by atoms with Crippen LogP contribution in [0.25, 0.3) is 0 Å². The van der Waals surface area contributed by atoms with Crippen molar-refractivity contribution in [3.8, 4) is 0 Å². The van der Waals surface area contributed by atoms with E-state index >= 15 is 0 Å². The highest BCUT2D eigenvalue weighted by molar-refractivity contribution is 5.14. The van der Waals surface area contributed by atoms with Crippen LogP contribution in [0.5, 0.6) is 0 Å². The van der Waals surface area contributed by atoms with Gasteiger partial charge in [-0.1, -0.05) is 36.4 Å². The van der Waals surface area contributed by atoms with E-state index in [4.69, 9.17) is 0 Å². The van der Waals surface area contributed by atoms with Gasteiger partial charge in [-0.25, -0.2) is 0 Å². The largest absolute Gasteiger partial charge is 0.302 e. The predicted octanol–water partition coefficient (Wildman–Crippen LogP) is 4.08. The Morgan fingerprint density at radius 1 is 0.900 bits per heavy atom. The molecule has 4 nitrogen and oxygen atoms in total. The third-order valence-corrected chi connectivity index (χ3v) is 7.08. The molecule has 162 valence electrons. The molecule has 2 aromatic rings. The molecule has 4 rings (SSSR count). The van der Waals surface area contributed by atoms with Crippen molar-refractivity contribution in [1.82, 2.24) is 19.7 Å². The van der Waals surface area contributed by atoms with Gasteiger partial charge in [0.15, 0.2) is 0 Å². The Morgan fingerprint density at radius 3 is 2.47 bits per heavy atom. The van der Waals surface area contributed by atoms with Crippen LogP contribution in [0, 0.1) is 0 Å². The van der Waals surface area contributed by atoms with Crippen LogP contribution < -0.4 is 0 Å². The Bertz CT molecular complexity index is 727. The van der Waals surface area contributed by atoms with Crippen LogP contribution in [-0.2, 0) is 13.0 Å². The van der Waals surface area contributed by atoms with E-state index in [2.05, 4.69) is 69.2 Å². The summed E-state index contributed by atoms with van der Waals surface area (Å²) in [5, 5.41) is 0. The number of aryl methyl sites for hydroxylation is 1. The molecule has 1 aromatic carbocycles. The number of aromatic nitrogens is 1. The van der Waals surface area contributed by atoms with E-state index in [9.17, 15) is 0 Å². The van der Waals surface area contributed by atoms with Crippen LogP contribution in [0.2, 0.25) is 0 Å². The topological polar surface area (TPSA) is 22.6 Å². The number of likely N-dealkylation sites (tertiary alicyclic amines) is 2. The van der Waals surface area contributed by atoms with Gasteiger partial charge in [-0.2, -0.15) is 0 Å². The van der Waals surface area contributed by atoms with Crippen molar-refractivity contribution < 1.29 is 0 Å². The molecule has 0 spiro atoms. The molecule has 2 saturated heterocycles. The molecule has 4 heteroatoms. The van der Waals surface area contributed by atoms with Gasteiger partial charge in [-0.15, -0.1) is 0 Å². The van der Waals surface area contributed by atoms with E-state index in [1.54, 1.807) is 0 Å². The van der Waals surface area contributed by atoms with Crippen molar-refractivity contribution in [3.63, 3.8) is 0 Å². The lowest BCUT2D eigenvalue weighted by Gasteiger charge is -2.44. The average molecular weight is 407 g/mol. The molecule has 0 aliphatic carbocycles. The zero-order valence-corrected chi connectivity index (χ0v) is 18.6. The molecule has 2 fully saturated rings. The van der Waals surface area contributed by atoms with Gasteiger partial charge in [-0.05, 0) is 76.4 Å². The second-order valence-electron chi connectivity index (χ2n) is 9.18. The molecule has 0 radical (unpaired) electrons. The van der Waals surface area contributed by atoms with Gasteiger partial charge in [0.1, 0.15) is 0 Å². The second kappa shape index (κ2) is 11.0. The maximum atomic E-state index is 4.49. The number of rotatable bonds is 8. The van der Waals surface area contributed by atoms with E-state index in [-0.39, 0.29) is 0 Å². The first-order valence-corrected chi connectivity index (χ1v) is 11.9. The SMILES string of the molecule is CN(C1CCN(Cc2ccccn2)CC1)C1CCCN(CCCc2ccccc2)C1. The van der Waals surface area contributed by atoms with E-state index < -0.39 is 0 Å². The van der Waals surface area contributed by atoms with Crippen LogP contribution in [0.15, 0.2) is 54.7 Å². The van der Waals surface area contributed by atoms with Crippen molar-refractivity contribution >= 4 is 0 Å². The Labute approximate surface area is 182 Å². The smallest absolute Gasteiger partial charge is 0.0543 e. The summed E-state index contributed by atoms with van der Waals surface area (Å²) >= 11 is 0. The number of nitrogens with zero attached hydrogens (tertiary/aromatic N) is 4. The van der Waals surface area contributed by atoms with Gasteiger partial charge < -0.3 is 4.90 Å². The number of benzene rings is 1. The van der Waals surface area contributed by atoms with Crippen molar-refractivity contribution in [2.75, 3.05) is 39.8 Å². The minimum atomic E-state index is 0.725. The lowest BCUT2D eigenvalue weighted by molar-refractivity contribution is 0.0520. The first-order valence-electron chi connectivity index (χ1n) is 11.9. The maximum Gasteiger partial charge on any atom is 0.0543 e. The first-order chi connectivity index (χ1) is 14.8. The van der Waals surface area contributed by atoms with Gasteiger partial charge >= 0.3 is 0 Å². The molecule has 1 atom stereocenters. The number of hydrogen-bond acceptors (Lipinski definition) is 4. The molecule has 2 aliphatic rings. The van der Waals surface area contributed by atoms with Gasteiger partial charge in [0.05, 0.1) is 5.69 Å². The summed E-state index contributed by atoms with van der Waals surface area (Å²) in [5.41, 5.74) is 2.67. The minimum Gasteiger partial charge on any atom is -0.302 e. The molecule has 0 bridgehead atoms. The fourth-order valence-corrected chi connectivity index (χ4v) is 5.22. The maximum absolute atomic E-state index is 4.49. The average Bonchev–Trinajstić information content (AvgIpc) is 2.81. The van der Waals surface area contributed by atoms with Gasteiger partial charge in [0, 0.05) is 44.5 Å². The van der Waals surface area contributed by atoms with E-state index in [1.165, 1.54) is 82.5 Å². The highest BCUT2D eigenvalue weighted by atomic mass is 15.2. The van der Waals surface area contributed by atoms with E-state index in [0.717, 1.165) is 18.6 Å². The summed E-state index contributed by atoms with van der Waals surface area (Å²) in [6.45, 7) is 7.15. The number of likely N-dealkylation sites (N-methyl/N-ethyl adjacent to an activating group) is 1. The third-order valence-electron chi connectivity index (χ3n) is 7.08. The zero-order chi connectivity index (χ0) is 20.6. The quantitative estimate of drug-likeness (QED) is 0.659. The second-order valence-corrected chi connectivity index (χ2v) is 9.18. The molecular formula is C26H38N4. The highest BCUT2D eigenvalue weighted by Gasteiger charge is 2.29. The summed E-state index contributed by atoms with van der Waals surface area (Å²) in [4.78, 5) is 12.5. The number of pyridine rings is 1. The van der Waals surface area contributed by atoms with Crippen molar-refractivity contribution in [2.45, 2.75) is 57.2 Å². The third kappa shape index (κ3) is 6.13. The molecule has 30 heavy (non-hydrogen) atoms. The van der Waals surface area contributed by atoms with Gasteiger partial charge in [0.25, 0.3) is 0 Å². The van der Waals surface area contributed by atoms with Crippen LogP contribution in [0.3, 0.4) is 0 Å². The zero-order valence-electron chi connectivity index (χ0n) is 18.6. The molecule has 0 N–H and O–H groups in total. The number of piperidine rings is 2. The fourth-order valence-electron chi connectivity index (χ4n) is 5.22. The Morgan fingerprint density at radius 2 is 1.70 bits per heavy atom. The van der Waals surface area contributed by atoms with Crippen molar-refractivity contribution in [3.05, 3.63) is 66.0 Å². The van der Waals surface area contributed by atoms with Crippen LogP contribution in [0.1, 0.15) is 43.4 Å². The minimum absolute atomic E-state index is 0.725. The predicted molar refractivity (Wildman–Crippen MR) is 125 cm³/mol. The summed E-state index contributed by atoms with van der Waals surface area (Å²) in [5.74, 6) is 0. The highest BCUT2D eigenvalue weighted by Crippen LogP contribution is 2.23. The van der Waals surface area contributed by atoms with Crippen LogP contribution >= 0.6 is 0 Å². The van der Waals surface area contributed by atoms with Crippen LogP contribution in [-0.4, -0.2) is 71.5 Å². The summed E-state index contributed by atoms with van der Waals surface area (Å²) in [6, 6.07) is 18.6. The normalized spacial score (nSPS) is 21.9. The number of hydrogen-bond donors (Lipinski definition) is 0. The molecule has 0 saturated carbocycles. The molecule has 0 amide bonds. The summed E-state index contributed by atoms with van der Waals surface area (Å²) in [7, 11) is 2.39. The molecular weight excluding hydrogens is 368 g/mol. The standard InChI is InChI=1S/C26H38N4/c1-28(25-14-19-30(20-15-25)21-24-12-5-6-16-27-24)26-13-8-18-29(22-26)17-7-11-23-9-3-2-4-10-23/h2-6,9-10,12,16,25-26H,7-8,11,13-15,17-22H2,1H3.